The number of anilines is 1. The second kappa shape index (κ2) is 5.22. The summed E-state index contributed by atoms with van der Waals surface area (Å²) in [5.74, 6) is 2.35. The number of phenolic OH excluding ortho intramolecular Hbond substituents is 1. The van der Waals surface area contributed by atoms with Crippen LogP contribution in [-0.4, -0.2) is 17.6 Å². The summed E-state index contributed by atoms with van der Waals surface area (Å²) >= 11 is 0. The third-order valence-electron chi connectivity index (χ3n) is 2.35. The molecule has 3 nitrogen and oxygen atoms in total. The molecule has 0 atom stereocenters. The van der Waals surface area contributed by atoms with Crippen LogP contribution in [0.1, 0.15) is 18.9 Å². The Morgan fingerprint density at radius 1 is 1.56 bits per heavy atom. The van der Waals surface area contributed by atoms with E-state index >= 15 is 0 Å². The Balaban J connectivity index is 3.08. The molecule has 84 valence electrons. The SMILES string of the molecule is C#CCC(=O)N(CC)c1cc(O)ccc1C. The van der Waals surface area contributed by atoms with Crippen molar-refractivity contribution in [3.05, 3.63) is 23.8 Å². The molecule has 0 spiro atoms. The Labute approximate surface area is 95.7 Å². The van der Waals surface area contributed by atoms with E-state index in [9.17, 15) is 9.90 Å². The van der Waals surface area contributed by atoms with Crippen molar-refractivity contribution in [1.29, 1.82) is 0 Å². The van der Waals surface area contributed by atoms with E-state index in [1.54, 1.807) is 23.1 Å². The van der Waals surface area contributed by atoms with Crippen LogP contribution in [-0.2, 0) is 4.79 Å². The van der Waals surface area contributed by atoms with Gasteiger partial charge in [0.15, 0.2) is 0 Å². The largest absolute Gasteiger partial charge is 0.508 e. The third-order valence-corrected chi connectivity index (χ3v) is 2.35. The highest BCUT2D eigenvalue weighted by Crippen LogP contribution is 2.25. The first-order chi connectivity index (χ1) is 7.60. The van der Waals surface area contributed by atoms with Crippen LogP contribution in [0.4, 0.5) is 5.69 Å². The molecule has 0 aliphatic rings. The molecular weight excluding hydrogens is 202 g/mol. The first kappa shape index (κ1) is 12.1. The van der Waals surface area contributed by atoms with Crippen LogP contribution in [0, 0.1) is 19.3 Å². The number of nitrogens with zero attached hydrogens (tertiary/aromatic N) is 1. The number of benzene rings is 1. The van der Waals surface area contributed by atoms with Crippen molar-refractivity contribution in [3.8, 4) is 18.1 Å². The van der Waals surface area contributed by atoms with Gasteiger partial charge < -0.3 is 10.0 Å². The lowest BCUT2D eigenvalue weighted by Crippen LogP contribution is -2.30. The number of aryl methyl sites for hydroxylation is 1. The van der Waals surface area contributed by atoms with E-state index in [-0.39, 0.29) is 18.1 Å². The van der Waals surface area contributed by atoms with Gasteiger partial charge in [0, 0.05) is 12.6 Å². The zero-order valence-corrected chi connectivity index (χ0v) is 9.53. The van der Waals surface area contributed by atoms with Gasteiger partial charge in [-0.1, -0.05) is 12.0 Å². The van der Waals surface area contributed by atoms with Crippen molar-refractivity contribution in [2.45, 2.75) is 20.3 Å². The van der Waals surface area contributed by atoms with E-state index in [0.29, 0.717) is 12.2 Å². The summed E-state index contributed by atoms with van der Waals surface area (Å²) in [6.07, 6.45) is 5.19. The van der Waals surface area contributed by atoms with Gasteiger partial charge in [-0.15, -0.1) is 6.42 Å². The number of carbonyl (C=O) groups is 1. The van der Waals surface area contributed by atoms with Crippen molar-refractivity contribution >= 4 is 11.6 Å². The lowest BCUT2D eigenvalue weighted by atomic mass is 10.1. The molecule has 0 aliphatic heterocycles. The average Bonchev–Trinajstić information content (AvgIpc) is 2.24. The van der Waals surface area contributed by atoms with Gasteiger partial charge in [0.1, 0.15) is 5.75 Å². The highest BCUT2D eigenvalue weighted by molar-refractivity contribution is 5.95. The number of hydrogen-bond donors (Lipinski definition) is 1. The third kappa shape index (κ3) is 2.54. The lowest BCUT2D eigenvalue weighted by molar-refractivity contribution is -0.117. The number of rotatable bonds is 3. The number of amides is 1. The van der Waals surface area contributed by atoms with Crippen molar-refractivity contribution in [2.24, 2.45) is 0 Å². The molecule has 0 unspecified atom stereocenters. The molecule has 0 saturated heterocycles. The van der Waals surface area contributed by atoms with Crippen LogP contribution in [0.5, 0.6) is 5.75 Å². The van der Waals surface area contributed by atoms with Gasteiger partial charge >= 0.3 is 0 Å². The molecule has 0 aliphatic carbocycles. The second-order valence-corrected chi connectivity index (χ2v) is 3.49. The Kier molecular flexibility index (Phi) is 3.96. The maximum Gasteiger partial charge on any atom is 0.239 e. The molecule has 0 radical (unpaired) electrons. The van der Waals surface area contributed by atoms with E-state index in [1.165, 1.54) is 0 Å². The average molecular weight is 217 g/mol. The number of phenols is 1. The molecule has 0 bridgehead atoms. The van der Waals surface area contributed by atoms with Crippen LogP contribution >= 0.6 is 0 Å². The topological polar surface area (TPSA) is 40.5 Å². The molecule has 16 heavy (non-hydrogen) atoms. The molecule has 1 rings (SSSR count). The minimum atomic E-state index is -0.126. The van der Waals surface area contributed by atoms with Crippen molar-refractivity contribution in [1.82, 2.24) is 0 Å². The molecule has 3 heteroatoms. The van der Waals surface area contributed by atoms with Crippen LogP contribution in [0.25, 0.3) is 0 Å². The first-order valence-electron chi connectivity index (χ1n) is 5.13. The summed E-state index contributed by atoms with van der Waals surface area (Å²) in [6.45, 7) is 4.29. The van der Waals surface area contributed by atoms with E-state index in [1.807, 2.05) is 13.8 Å². The number of aromatic hydroxyl groups is 1. The van der Waals surface area contributed by atoms with E-state index < -0.39 is 0 Å². The summed E-state index contributed by atoms with van der Waals surface area (Å²) in [4.78, 5) is 13.3. The fourth-order valence-corrected chi connectivity index (χ4v) is 1.55. The Morgan fingerprint density at radius 2 is 2.25 bits per heavy atom. The van der Waals surface area contributed by atoms with Crippen LogP contribution in [0.3, 0.4) is 0 Å². The van der Waals surface area contributed by atoms with E-state index in [2.05, 4.69) is 5.92 Å². The highest BCUT2D eigenvalue weighted by Gasteiger charge is 2.15. The predicted octanol–water partition coefficient (Wildman–Crippen LogP) is 2.08. The molecular formula is C13H15NO2. The minimum Gasteiger partial charge on any atom is -0.508 e. The monoisotopic (exact) mass is 217 g/mol. The zero-order valence-electron chi connectivity index (χ0n) is 9.53. The predicted molar refractivity (Wildman–Crippen MR) is 64.3 cm³/mol. The van der Waals surface area contributed by atoms with Crippen LogP contribution in [0.2, 0.25) is 0 Å². The van der Waals surface area contributed by atoms with Gasteiger partial charge in [0.05, 0.1) is 12.1 Å². The molecule has 0 heterocycles. The zero-order chi connectivity index (χ0) is 12.1. The van der Waals surface area contributed by atoms with Gasteiger partial charge in [0.2, 0.25) is 5.91 Å². The minimum absolute atomic E-state index is 0.0724. The standard InChI is InChI=1S/C13H15NO2/c1-4-6-13(16)14(5-2)12-9-11(15)8-7-10(12)3/h1,7-9,15H,5-6H2,2-3H3. The van der Waals surface area contributed by atoms with Crippen LogP contribution in [0.15, 0.2) is 18.2 Å². The molecule has 1 aromatic rings. The van der Waals surface area contributed by atoms with Crippen LogP contribution < -0.4 is 4.90 Å². The lowest BCUT2D eigenvalue weighted by Gasteiger charge is -2.22. The molecule has 1 aromatic carbocycles. The number of terminal acetylenes is 1. The smallest absolute Gasteiger partial charge is 0.239 e. The maximum absolute atomic E-state index is 11.7. The van der Waals surface area contributed by atoms with Gasteiger partial charge in [-0.05, 0) is 25.5 Å². The van der Waals surface area contributed by atoms with Crippen molar-refractivity contribution in [3.63, 3.8) is 0 Å². The first-order valence-corrected chi connectivity index (χ1v) is 5.13. The van der Waals surface area contributed by atoms with E-state index in [0.717, 1.165) is 5.56 Å². The van der Waals surface area contributed by atoms with Gasteiger partial charge in [-0.2, -0.15) is 0 Å². The summed E-state index contributed by atoms with van der Waals surface area (Å²) in [5, 5.41) is 9.42. The van der Waals surface area contributed by atoms with Gasteiger partial charge in [-0.25, -0.2) is 0 Å². The Bertz CT molecular complexity index is 432. The molecule has 1 N–H and O–H groups in total. The van der Waals surface area contributed by atoms with Gasteiger partial charge in [0.25, 0.3) is 0 Å². The van der Waals surface area contributed by atoms with Crippen molar-refractivity contribution < 1.29 is 9.90 Å². The fraction of sp³-hybridized carbons (Fsp3) is 0.308. The molecule has 0 aromatic heterocycles. The van der Waals surface area contributed by atoms with Crippen molar-refractivity contribution in [2.75, 3.05) is 11.4 Å². The second-order valence-electron chi connectivity index (χ2n) is 3.49. The number of hydrogen-bond acceptors (Lipinski definition) is 2. The Morgan fingerprint density at radius 3 is 2.81 bits per heavy atom. The number of carbonyl (C=O) groups excluding carboxylic acids is 1. The normalized spacial score (nSPS) is 9.56. The summed E-state index contributed by atoms with van der Waals surface area (Å²) in [6, 6.07) is 4.95. The van der Waals surface area contributed by atoms with Gasteiger partial charge in [-0.3, -0.25) is 4.79 Å². The maximum atomic E-state index is 11.7. The fourth-order valence-electron chi connectivity index (χ4n) is 1.55. The highest BCUT2D eigenvalue weighted by atomic mass is 16.3. The van der Waals surface area contributed by atoms with E-state index in [4.69, 9.17) is 6.42 Å². The molecule has 0 fully saturated rings. The Hall–Kier alpha value is -1.95. The quantitative estimate of drug-likeness (QED) is 0.787. The molecule has 0 saturated carbocycles. The summed E-state index contributed by atoms with van der Waals surface area (Å²) in [5.41, 5.74) is 1.65. The summed E-state index contributed by atoms with van der Waals surface area (Å²) < 4.78 is 0. The summed E-state index contributed by atoms with van der Waals surface area (Å²) in [7, 11) is 0. The molecule has 1 amide bonds.